The van der Waals surface area contributed by atoms with E-state index in [1.54, 1.807) is 6.33 Å². The fourth-order valence-electron chi connectivity index (χ4n) is 2.81. The Morgan fingerprint density at radius 3 is 2.71 bits per heavy atom. The molecule has 0 radical (unpaired) electrons. The van der Waals surface area contributed by atoms with Gasteiger partial charge in [0.2, 0.25) is 0 Å². The zero-order chi connectivity index (χ0) is 15.6. The Balaban J connectivity index is 2.05. The Labute approximate surface area is 129 Å². The number of nitrogens with zero attached hydrogens (tertiary/aromatic N) is 4. The van der Waals surface area contributed by atoms with Gasteiger partial charge in [0.1, 0.15) is 12.2 Å². The van der Waals surface area contributed by atoms with Crippen LogP contribution in [0.25, 0.3) is 0 Å². The van der Waals surface area contributed by atoms with E-state index in [4.69, 9.17) is 0 Å². The summed E-state index contributed by atoms with van der Waals surface area (Å²) in [6, 6.07) is 1.06. The van der Waals surface area contributed by atoms with Gasteiger partial charge in [0.05, 0.1) is 6.54 Å². The molecule has 0 saturated carbocycles. The maximum atomic E-state index is 4.47. The lowest BCUT2D eigenvalue weighted by atomic mass is 9.85. The van der Waals surface area contributed by atoms with Crippen molar-refractivity contribution in [2.24, 2.45) is 11.3 Å². The molecule has 2 rings (SSSR count). The van der Waals surface area contributed by atoms with Gasteiger partial charge in [-0.05, 0) is 18.3 Å². The number of piperazine rings is 1. The second-order valence-corrected chi connectivity index (χ2v) is 7.86. The van der Waals surface area contributed by atoms with Gasteiger partial charge in [-0.2, -0.15) is 5.10 Å². The van der Waals surface area contributed by atoms with Crippen molar-refractivity contribution >= 4 is 0 Å². The molecule has 0 amide bonds. The molecule has 21 heavy (non-hydrogen) atoms. The molecule has 1 saturated heterocycles. The number of nitrogens with one attached hydrogen (secondary N) is 1. The highest BCUT2D eigenvalue weighted by Crippen LogP contribution is 2.24. The summed E-state index contributed by atoms with van der Waals surface area (Å²) in [6.07, 6.45) is 1.69. The average Bonchev–Trinajstić information content (AvgIpc) is 2.77. The van der Waals surface area contributed by atoms with E-state index in [9.17, 15) is 0 Å². The van der Waals surface area contributed by atoms with Crippen molar-refractivity contribution in [2.45, 2.75) is 66.7 Å². The molecule has 1 aliphatic heterocycles. The van der Waals surface area contributed by atoms with Crippen LogP contribution in [0, 0.1) is 11.3 Å². The van der Waals surface area contributed by atoms with E-state index in [0.717, 1.165) is 32.0 Å². The summed E-state index contributed by atoms with van der Waals surface area (Å²) in [5.74, 6) is 1.68. The molecule has 1 fully saturated rings. The number of rotatable bonds is 4. The van der Waals surface area contributed by atoms with Gasteiger partial charge < -0.3 is 5.32 Å². The third-order valence-electron chi connectivity index (χ3n) is 4.32. The van der Waals surface area contributed by atoms with Crippen LogP contribution in [0.3, 0.4) is 0 Å². The maximum absolute atomic E-state index is 4.47. The number of hydrogen-bond donors (Lipinski definition) is 1. The van der Waals surface area contributed by atoms with Gasteiger partial charge in [-0.1, -0.05) is 34.6 Å². The van der Waals surface area contributed by atoms with Crippen molar-refractivity contribution in [1.29, 1.82) is 0 Å². The van der Waals surface area contributed by atoms with Gasteiger partial charge in [0, 0.05) is 31.7 Å². The van der Waals surface area contributed by atoms with Crippen molar-refractivity contribution in [3.05, 3.63) is 12.2 Å². The smallest absolute Gasteiger partial charge is 0.141 e. The molecular weight excluding hydrogens is 262 g/mol. The van der Waals surface area contributed by atoms with E-state index in [0.29, 0.717) is 18.0 Å². The lowest BCUT2D eigenvalue weighted by Crippen LogP contribution is -2.59. The van der Waals surface area contributed by atoms with Crippen LogP contribution in [0.2, 0.25) is 0 Å². The van der Waals surface area contributed by atoms with Crippen LogP contribution in [0.1, 0.15) is 47.4 Å². The van der Waals surface area contributed by atoms with Gasteiger partial charge in [-0.15, -0.1) is 0 Å². The molecule has 1 aromatic heterocycles. The minimum atomic E-state index is 0.282. The summed E-state index contributed by atoms with van der Waals surface area (Å²) in [7, 11) is 0. The van der Waals surface area contributed by atoms with Crippen LogP contribution in [0.15, 0.2) is 6.33 Å². The van der Waals surface area contributed by atoms with Crippen LogP contribution >= 0.6 is 0 Å². The van der Waals surface area contributed by atoms with Gasteiger partial charge in [-0.3, -0.25) is 4.90 Å². The molecule has 1 aromatic rings. The van der Waals surface area contributed by atoms with Gasteiger partial charge in [-0.25, -0.2) is 9.67 Å². The third kappa shape index (κ3) is 4.27. The van der Waals surface area contributed by atoms with Crippen molar-refractivity contribution < 1.29 is 0 Å². The molecule has 120 valence electrons. The van der Waals surface area contributed by atoms with Gasteiger partial charge >= 0.3 is 0 Å². The molecule has 0 spiro atoms. The minimum Gasteiger partial charge on any atom is -0.311 e. The predicted molar refractivity (Wildman–Crippen MR) is 86.0 cm³/mol. The summed E-state index contributed by atoms with van der Waals surface area (Å²) in [5, 5.41) is 8.06. The molecular formula is C16H31N5. The largest absolute Gasteiger partial charge is 0.311 e. The Morgan fingerprint density at radius 2 is 2.10 bits per heavy atom. The fourth-order valence-corrected chi connectivity index (χ4v) is 2.81. The van der Waals surface area contributed by atoms with Crippen molar-refractivity contribution in [3.63, 3.8) is 0 Å². The summed E-state index contributed by atoms with van der Waals surface area (Å²) in [4.78, 5) is 7.01. The molecule has 0 bridgehead atoms. The fraction of sp³-hybridized carbons (Fsp3) is 0.875. The van der Waals surface area contributed by atoms with Crippen LogP contribution < -0.4 is 5.32 Å². The molecule has 0 aromatic carbocycles. The normalized spacial score (nSPS) is 24.7. The summed E-state index contributed by atoms with van der Waals surface area (Å²) in [5.41, 5.74) is 0.282. The molecule has 1 N–H and O–H groups in total. The summed E-state index contributed by atoms with van der Waals surface area (Å²) >= 11 is 0. The highest BCUT2D eigenvalue weighted by molar-refractivity contribution is 4.94. The highest BCUT2D eigenvalue weighted by atomic mass is 15.4. The van der Waals surface area contributed by atoms with Crippen molar-refractivity contribution in [2.75, 3.05) is 13.1 Å². The first kappa shape index (κ1) is 16.4. The summed E-state index contributed by atoms with van der Waals surface area (Å²) < 4.78 is 2.06. The monoisotopic (exact) mass is 293 g/mol. The van der Waals surface area contributed by atoms with Gasteiger partial charge in [0.15, 0.2) is 0 Å². The van der Waals surface area contributed by atoms with Crippen LogP contribution in [-0.4, -0.2) is 44.8 Å². The van der Waals surface area contributed by atoms with Crippen molar-refractivity contribution in [1.82, 2.24) is 25.0 Å². The Morgan fingerprint density at radius 1 is 1.38 bits per heavy atom. The third-order valence-corrected chi connectivity index (χ3v) is 4.32. The maximum Gasteiger partial charge on any atom is 0.141 e. The second kappa shape index (κ2) is 6.44. The number of hydrogen-bond acceptors (Lipinski definition) is 4. The zero-order valence-corrected chi connectivity index (χ0v) is 14.4. The second-order valence-electron chi connectivity index (χ2n) is 7.86. The van der Waals surface area contributed by atoms with Gasteiger partial charge in [0.25, 0.3) is 0 Å². The van der Waals surface area contributed by atoms with E-state index < -0.39 is 0 Å². The topological polar surface area (TPSA) is 46.0 Å². The SMILES string of the molecule is CC(C)Cn1ncnc1CN1CC(C(C)(C)C)NCC1C. The molecule has 5 heteroatoms. The van der Waals surface area contributed by atoms with E-state index in [-0.39, 0.29) is 5.41 Å². The lowest BCUT2D eigenvalue weighted by molar-refractivity contribution is 0.0840. The first-order chi connectivity index (χ1) is 9.77. The van der Waals surface area contributed by atoms with E-state index in [1.165, 1.54) is 0 Å². The van der Waals surface area contributed by atoms with E-state index in [2.05, 4.69) is 66.5 Å². The Hall–Kier alpha value is -0.940. The molecule has 2 atom stereocenters. The number of aromatic nitrogens is 3. The standard InChI is InChI=1S/C16H31N5/c1-12(2)8-21-15(18-11-19-21)10-20-9-14(16(4,5)6)17-7-13(20)3/h11-14,17H,7-10H2,1-6H3. The van der Waals surface area contributed by atoms with E-state index in [1.807, 2.05) is 0 Å². The van der Waals surface area contributed by atoms with Crippen LogP contribution in [0.4, 0.5) is 0 Å². The lowest BCUT2D eigenvalue weighted by Gasteiger charge is -2.43. The molecule has 0 aliphatic carbocycles. The van der Waals surface area contributed by atoms with Crippen LogP contribution in [0.5, 0.6) is 0 Å². The zero-order valence-electron chi connectivity index (χ0n) is 14.4. The summed E-state index contributed by atoms with van der Waals surface area (Å²) in [6.45, 7) is 17.6. The highest BCUT2D eigenvalue weighted by Gasteiger charge is 2.32. The Kier molecular flexibility index (Phi) is 5.04. The molecule has 5 nitrogen and oxygen atoms in total. The van der Waals surface area contributed by atoms with Crippen molar-refractivity contribution in [3.8, 4) is 0 Å². The molecule has 2 heterocycles. The molecule has 2 unspecified atom stereocenters. The first-order valence-corrected chi connectivity index (χ1v) is 8.11. The first-order valence-electron chi connectivity index (χ1n) is 8.11. The molecule has 1 aliphatic rings. The van der Waals surface area contributed by atoms with E-state index >= 15 is 0 Å². The minimum absolute atomic E-state index is 0.282. The van der Waals surface area contributed by atoms with Crippen LogP contribution in [-0.2, 0) is 13.1 Å². The predicted octanol–water partition coefficient (Wildman–Crippen LogP) is 2.14. The Bertz CT molecular complexity index is 446. The average molecular weight is 293 g/mol. The quantitative estimate of drug-likeness (QED) is 0.924.